The molecule has 0 spiro atoms. The first-order valence-electron chi connectivity index (χ1n) is 37.9. The van der Waals surface area contributed by atoms with Gasteiger partial charge < -0.3 is 0 Å². The van der Waals surface area contributed by atoms with Crippen LogP contribution in [-0.4, -0.2) is 32.3 Å². The van der Waals surface area contributed by atoms with Gasteiger partial charge in [0.1, 0.15) is 32.3 Å². The van der Waals surface area contributed by atoms with Crippen molar-refractivity contribution < 1.29 is 0 Å². The van der Waals surface area contributed by atoms with Gasteiger partial charge in [-0.15, -0.1) is 28.6 Å². The van der Waals surface area contributed by atoms with E-state index in [0.717, 1.165) is 83.5 Å². The predicted octanol–water partition coefficient (Wildman–Crippen LogP) is 24.3. The van der Waals surface area contributed by atoms with Gasteiger partial charge >= 0.3 is 0 Å². The first-order chi connectivity index (χ1) is 49.3. The first kappa shape index (κ1) is 81.9. The maximum atomic E-state index is 6.05. The molecule has 0 aromatic heterocycles. The van der Waals surface area contributed by atoms with Crippen molar-refractivity contribution in [1.29, 1.82) is 0 Å². The highest BCUT2D eigenvalue weighted by Crippen LogP contribution is 2.44. The molecule has 0 atom stereocenters. The van der Waals surface area contributed by atoms with Crippen LogP contribution in [0.2, 0.25) is 66.5 Å². The van der Waals surface area contributed by atoms with E-state index in [1.54, 1.807) is 0 Å². The minimum Gasteiger partial charge on any atom is -0.125 e. The average molecular weight is 1420 g/mol. The summed E-state index contributed by atoms with van der Waals surface area (Å²) in [5.74, 6) is 58.8. The molecule has 0 amide bonds. The third-order valence-corrected chi connectivity index (χ3v) is 47.1. The molecule has 0 heterocycles. The van der Waals surface area contributed by atoms with Crippen molar-refractivity contribution in [2.45, 2.75) is 233 Å². The second-order valence-corrected chi connectivity index (χ2v) is 54.1. The summed E-state index contributed by atoms with van der Waals surface area (Å²) < 4.78 is 0. The zero-order valence-electron chi connectivity index (χ0n) is 66.9. The monoisotopic (exact) mass is 1420 g/mol. The van der Waals surface area contributed by atoms with E-state index >= 15 is 0 Å². The smallest absolute Gasteiger partial charge is 0.125 e. The van der Waals surface area contributed by atoms with Crippen LogP contribution in [0.5, 0.6) is 0 Å². The number of rotatable bonds is 12. The Bertz CT molecular complexity index is 4840. The second kappa shape index (κ2) is 36.8. The van der Waals surface area contributed by atoms with Gasteiger partial charge in [0.2, 0.25) is 0 Å². The fourth-order valence-electron chi connectivity index (χ4n) is 16.4. The van der Waals surface area contributed by atoms with Crippen LogP contribution in [0.3, 0.4) is 0 Å². The van der Waals surface area contributed by atoms with Gasteiger partial charge in [-0.1, -0.05) is 267 Å². The normalized spacial score (nSPS) is 11.3. The molecular weight excluding hydrogens is 1310 g/mol. The topological polar surface area (TPSA) is 0 Å². The second-order valence-electron chi connectivity index (χ2n) is 31.8. The summed E-state index contributed by atoms with van der Waals surface area (Å²) >= 11 is 0. The molecule has 526 valence electrons. The van der Waals surface area contributed by atoms with E-state index in [4.69, 9.17) is 6.42 Å². The van der Waals surface area contributed by atoms with Gasteiger partial charge in [0.05, 0.1) is 0 Å². The lowest BCUT2D eigenvalue weighted by atomic mass is 10.0. The molecule has 7 rings (SSSR count). The third-order valence-electron chi connectivity index (χ3n) is 22.0. The Labute approximate surface area is 635 Å². The molecule has 4 heteroatoms. The van der Waals surface area contributed by atoms with Crippen molar-refractivity contribution in [3.8, 4) is 129 Å². The molecule has 0 saturated heterocycles. The Morgan fingerprint density at radius 1 is 0.173 bits per heavy atom. The fourth-order valence-corrected chi connectivity index (χ4v) is 37.3. The van der Waals surface area contributed by atoms with Gasteiger partial charge in [-0.2, -0.15) is 0 Å². The molecule has 0 fully saturated rings. The van der Waals surface area contributed by atoms with E-state index < -0.39 is 32.3 Å². The van der Waals surface area contributed by atoms with Gasteiger partial charge in [-0.25, -0.2) is 0 Å². The largest absolute Gasteiger partial charge is 0.146 e. The minimum absolute atomic E-state index is 0.553. The van der Waals surface area contributed by atoms with Crippen LogP contribution in [0.4, 0.5) is 0 Å². The van der Waals surface area contributed by atoms with Crippen molar-refractivity contribution in [2.24, 2.45) is 0 Å². The molecule has 0 unspecified atom stereocenters. The van der Waals surface area contributed by atoms with Crippen molar-refractivity contribution in [1.82, 2.24) is 0 Å². The Balaban J connectivity index is 1.28. The van der Waals surface area contributed by atoms with Crippen molar-refractivity contribution in [2.75, 3.05) is 0 Å². The average Bonchev–Trinajstić information content (AvgIpc) is 0.817. The highest BCUT2D eigenvalue weighted by molar-refractivity contribution is 6.92. The standard InChI is InChI=1S/C100H110Si4/c1-26-84-43-52-95(55-48-93-49-56-96(53-44-85-27-35-89(36-28-85)61-65-101(72(2)3,73(4)5)74(6)7)99(70-93)58-46-87-31-39-91(40-32-87)63-67-103(78(14)15,79(16)17)80(18)19)98(69-84)60-51-94-50-57-97(54-45-86-29-37-90(38-30-86)62-66-102(75(8)9,76(10)11)77(12)13)100(71-94)59-47-88-33-41-92(42-34-88)64-68-104(81(20)21,82(22)23)83(24)25/h1,27-43,49-50,52,56-57,69-83H,2-25H3. The molecule has 0 nitrogen and oxygen atoms in total. The van der Waals surface area contributed by atoms with Crippen LogP contribution < -0.4 is 0 Å². The van der Waals surface area contributed by atoms with Gasteiger partial charge in [0, 0.05) is 94.6 Å². The number of hydrogen-bond donors (Lipinski definition) is 0. The van der Waals surface area contributed by atoms with Crippen LogP contribution in [0.1, 0.15) is 261 Å². The Morgan fingerprint density at radius 2 is 0.317 bits per heavy atom. The molecule has 7 aromatic rings. The van der Waals surface area contributed by atoms with Crippen molar-refractivity contribution >= 4 is 32.3 Å². The summed E-state index contributed by atoms with van der Waals surface area (Å²) in [4.78, 5) is 0. The fraction of sp³-hybridized carbons (Fsp3) is 0.360. The van der Waals surface area contributed by atoms with Crippen LogP contribution in [0.15, 0.2) is 152 Å². The van der Waals surface area contributed by atoms with Gasteiger partial charge in [0.25, 0.3) is 0 Å². The summed E-state index contributed by atoms with van der Waals surface area (Å²) in [5, 5.41) is 0. The lowest BCUT2D eigenvalue weighted by Crippen LogP contribution is -2.43. The number of terminal acetylenes is 1. The predicted molar refractivity (Wildman–Crippen MR) is 461 cm³/mol. The Hall–Kier alpha value is -9.43. The van der Waals surface area contributed by atoms with E-state index in [1.807, 2.05) is 54.6 Å². The van der Waals surface area contributed by atoms with Crippen LogP contribution >= 0.6 is 0 Å². The van der Waals surface area contributed by atoms with Crippen LogP contribution in [-0.2, 0) is 0 Å². The first-order valence-corrected chi connectivity index (χ1v) is 46.8. The quantitative estimate of drug-likeness (QED) is 0.0845. The molecule has 0 bridgehead atoms. The molecule has 104 heavy (non-hydrogen) atoms. The van der Waals surface area contributed by atoms with E-state index in [0.29, 0.717) is 77.6 Å². The summed E-state index contributed by atoms with van der Waals surface area (Å²) in [7, 11) is -7.58. The zero-order valence-corrected chi connectivity index (χ0v) is 70.9. The summed E-state index contributed by atoms with van der Waals surface area (Å²) in [6.07, 6.45) is 6.05. The maximum Gasteiger partial charge on any atom is 0.146 e. The Kier molecular flexibility index (Phi) is 29.0. The minimum atomic E-state index is -1.90. The summed E-state index contributed by atoms with van der Waals surface area (Å²) in [6, 6.07) is 51.2. The van der Waals surface area contributed by atoms with Crippen molar-refractivity contribution in [3.63, 3.8) is 0 Å². The summed E-state index contributed by atoms with van der Waals surface area (Å²) in [5.41, 5.74) is 36.6. The summed E-state index contributed by atoms with van der Waals surface area (Å²) in [6.45, 7) is 56.4. The SMILES string of the molecule is C#Cc1ccc(C#Cc2ccc(C#Cc3ccc(C#C[Si](C(C)C)(C(C)C)C(C)C)cc3)c(C#Cc3ccc(C#C[Si](C(C)C)(C(C)C)C(C)C)cc3)c2)c(C#Cc2ccc(C#Cc3ccc(C#C[Si](C(C)C)(C(C)C)C(C)C)cc3)c(C#Cc3ccc(C#C[Si](C(C)C)(C(C)C)C(C)C)cc3)c2)c1. The third kappa shape index (κ3) is 19.9. The Morgan fingerprint density at radius 3 is 0.500 bits per heavy atom. The molecule has 0 radical (unpaired) electrons. The molecule has 0 aliphatic carbocycles. The van der Waals surface area contributed by atoms with Crippen molar-refractivity contribution in [3.05, 3.63) is 246 Å². The zero-order chi connectivity index (χ0) is 76.3. The lowest BCUT2D eigenvalue weighted by molar-refractivity contribution is 0.838. The molecule has 0 aliphatic heterocycles. The van der Waals surface area contributed by atoms with E-state index in [2.05, 4.69) is 386 Å². The number of hydrogen-bond acceptors (Lipinski definition) is 0. The van der Waals surface area contributed by atoms with Gasteiger partial charge in [-0.3, -0.25) is 0 Å². The molecule has 7 aromatic carbocycles. The van der Waals surface area contributed by atoms with E-state index in [-0.39, 0.29) is 0 Å². The molecular formula is C100H110Si4. The highest BCUT2D eigenvalue weighted by atomic mass is 28.3. The van der Waals surface area contributed by atoms with Crippen LogP contribution in [0, 0.1) is 129 Å². The van der Waals surface area contributed by atoms with Gasteiger partial charge in [-0.05, 0) is 218 Å². The number of benzene rings is 7. The molecule has 0 aliphatic rings. The molecule has 0 N–H and O–H groups in total. The van der Waals surface area contributed by atoms with Gasteiger partial charge in [0.15, 0.2) is 0 Å². The van der Waals surface area contributed by atoms with E-state index in [1.165, 1.54) is 0 Å². The molecule has 0 saturated carbocycles. The maximum absolute atomic E-state index is 6.05. The van der Waals surface area contributed by atoms with Crippen LogP contribution in [0.25, 0.3) is 0 Å². The lowest BCUT2D eigenvalue weighted by Gasteiger charge is -2.38. The van der Waals surface area contributed by atoms with E-state index in [9.17, 15) is 0 Å². The highest BCUT2D eigenvalue weighted by Gasteiger charge is 2.44.